The quantitative estimate of drug-likeness (QED) is 0.549. The molecule has 31 heavy (non-hydrogen) atoms. The van der Waals surface area contributed by atoms with E-state index in [1.54, 1.807) is 33.9 Å². The van der Waals surface area contributed by atoms with E-state index in [0.717, 1.165) is 34.1 Å². The first-order valence-corrected chi connectivity index (χ1v) is 11.9. The monoisotopic (exact) mass is 461 g/mol. The average Bonchev–Trinajstić information content (AvgIpc) is 3.20. The molecule has 1 aliphatic heterocycles. The molecule has 4 heterocycles. The molecule has 1 amide bonds. The number of hydrogen-bond acceptors (Lipinski definition) is 8. The highest BCUT2D eigenvalue weighted by Crippen LogP contribution is 2.30. The Kier molecular flexibility index (Phi) is 7.06. The van der Waals surface area contributed by atoms with Gasteiger partial charge in [-0.3, -0.25) is 0 Å². The number of carbonyl (C=O) groups excluding carboxylic acids is 1. The van der Waals surface area contributed by atoms with Crippen molar-refractivity contribution in [3.8, 4) is 0 Å². The Hall–Kier alpha value is -2.39. The summed E-state index contributed by atoms with van der Waals surface area (Å²) in [5.74, 6) is 0.961. The van der Waals surface area contributed by atoms with E-state index in [1.807, 2.05) is 27.7 Å². The zero-order chi connectivity index (χ0) is 22.8. The Morgan fingerprint density at radius 3 is 2.19 bits per heavy atom. The third-order valence-electron chi connectivity index (χ3n) is 4.74. The van der Waals surface area contributed by atoms with Crippen LogP contribution < -0.4 is 10.6 Å². The maximum Gasteiger partial charge on any atom is 0.410 e. The lowest BCUT2D eigenvalue weighted by Crippen LogP contribution is -2.50. The first kappa shape index (κ1) is 23.3. The molecule has 9 heteroatoms. The van der Waals surface area contributed by atoms with E-state index in [4.69, 9.17) is 10.5 Å². The highest BCUT2D eigenvalue weighted by Gasteiger charge is 2.27. The van der Waals surface area contributed by atoms with Crippen molar-refractivity contribution in [3.05, 3.63) is 33.8 Å². The van der Waals surface area contributed by atoms with Gasteiger partial charge in [0.2, 0.25) is 0 Å². The lowest BCUT2D eigenvalue weighted by atomic mass is 10.2. The largest absolute Gasteiger partial charge is 0.444 e. The number of aromatic nitrogens is 2. The zero-order valence-corrected chi connectivity index (χ0v) is 20.7. The van der Waals surface area contributed by atoms with Crippen LogP contribution in [-0.4, -0.2) is 52.7 Å². The maximum atomic E-state index is 12.1. The molecule has 1 fully saturated rings. The zero-order valence-electron chi connectivity index (χ0n) is 19.1. The molecule has 3 aromatic heterocycles. The molecule has 1 aliphatic rings. The molecule has 4 rings (SSSR count). The number of nitrogens with two attached hydrogens (primary N) is 1. The van der Waals surface area contributed by atoms with E-state index in [2.05, 4.69) is 40.8 Å². The van der Waals surface area contributed by atoms with Crippen LogP contribution in [0.1, 0.15) is 36.1 Å². The van der Waals surface area contributed by atoms with Gasteiger partial charge in [-0.2, -0.15) is 0 Å². The van der Waals surface area contributed by atoms with E-state index in [-0.39, 0.29) is 6.09 Å². The molecule has 0 spiro atoms. The molecule has 0 aromatic carbocycles. The molecule has 0 bridgehead atoms. The van der Waals surface area contributed by atoms with Crippen LogP contribution in [0.25, 0.3) is 10.2 Å². The Labute approximate surface area is 191 Å². The number of nitrogen functional groups attached to an aromatic ring is 1. The van der Waals surface area contributed by atoms with Gasteiger partial charge in [-0.1, -0.05) is 0 Å². The topological polar surface area (TPSA) is 84.6 Å². The molecule has 0 radical (unpaired) electrons. The van der Waals surface area contributed by atoms with Gasteiger partial charge in [-0.25, -0.2) is 14.8 Å². The number of anilines is 2. The van der Waals surface area contributed by atoms with Gasteiger partial charge in [0.1, 0.15) is 22.6 Å². The van der Waals surface area contributed by atoms with Crippen LogP contribution in [0.4, 0.5) is 15.6 Å². The van der Waals surface area contributed by atoms with Crippen molar-refractivity contribution in [2.75, 3.05) is 36.8 Å². The van der Waals surface area contributed by atoms with Crippen molar-refractivity contribution in [2.24, 2.45) is 0 Å². The summed E-state index contributed by atoms with van der Waals surface area (Å²) in [5.41, 5.74) is 6.30. The Bertz CT molecular complexity index is 1030. The number of hydrogen-bond donors (Lipinski definition) is 1. The second-order valence-electron chi connectivity index (χ2n) is 8.63. The Morgan fingerprint density at radius 1 is 1.03 bits per heavy atom. The number of thiophene rings is 2. The number of nitrogens with zero attached hydrogens (tertiary/aromatic N) is 4. The minimum absolute atomic E-state index is 0.239. The van der Waals surface area contributed by atoms with E-state index in [9.17, 15) is 4.79 Å². The number of piperazine rings is 1. The van der Waals surface area contributed by atoms with Crippen LogP contribution in [0.5, 0.6) is 0 Å². The minimum Gasteiger partial charge on any atom is -0.444 e. The number of fused-ring (bicyclic) bond motifs is 1. The smallest absolute Gasteiger partial charge is 0.410 e. The molecule has 1 saturated heterocycles. The van der Waals surface area contributed by atoms with Gasteiger partial charge in [0.05, 0.1) is 10.4 Å². The van der Waals surface area contributed by atoms with Crippen molar-refractivity contribution in [1.82, 2.24) is 14.9 Å². The second-order valence-corrected chi connectivity index (χ2v) is 11.2. The molecule has 0 unspecified atom stereocenters. The van der Waals surface area contributed by atoms with E-state index in [1.165, 1.54) is 15.3 Å². The average molecular weight is 462 g/mol. The van der Waals surface area contributed by atoms with Gasteiger partial charge in [0.15, 0.2) is 0 Å². The number of rotatable bonds is 1. The summed E-state index contributed by atoms with van der Waals surface area (Å²) in [5, 5.41) is 2.04. The van der Waals surface area contributed by atoms with Crippen LogP contribution in [0.2, 0.25) is 0 Å². The first-order valence-electron chi connectivity index (χ1n) is 10.3. The van der Waals surface area contributed by atoms with Crippen molar-refractivity contribution in [3.63, 3.8) is 0 Å². The van der Waals surface area contributed by atoms with Crippen molar-refractivity contribution in [2.45, 2.75) is 47.1 Å². The summed E-state index contributed by atoms with van der Waals surface area (Å²) >= 11 is 3.33. The van der Waals surface area contributed by atoms with Crippen LogP contribution in [0, 0.1) is 20.8 Å². The molecular formula is C22H31N5O2S2. The Morgan fingerprint density at radius 2 is 1.68 bits per heavy atom. The van der Waals surface area contributed by atoms with Crippen LogP contribution in [0.3, 0.4) is 0 Å². The lowest BCUT2D eigenvalue weighted by Gasteiger charge is -2.36. The van der Waals surface area contributed by atoms with E-state index < -0.39 is 5.60 Å². The van der Waals surface area contributed by atoms with Gasteiger partial charge in [0, 0.05) is 35.9 Å². The van der Waals surface area contributed by atoms with E-state index >= 15 is 0 Å². The third-order valence-corrected chi connectivity index (χ3v) is 6.68. The van der Waals surface area contributed by atoms with Gasteiger partial charge in [0.25, 0.3) is 0 Å². The van der Waals surface area contributed by atoms with Crippen molar-refractivity contribution >= 4 is 49.8 Å². The van der Waals surface area contributed by atoms with Crippen LogP contribution >= 0.6 is 22.7 Å². The molecule has 2 N–H and O–H groups in total. The van der Waals surface area contributed by atoms with E-state index in [0.29, 0.717) is 13.1 Å². The fraction of sp³-hybridized carbons (Fsp3) is 0.500. The van der Waals surface area contributed by atoms with Gasteiger partial charge >= 0.3 is 6.09 Å². The van der Waals surface area contributed by atoms with Gasteiger partial charge < -0.3 is 20.3 Å². The fourth-order valence-corrected chi connectivity index (χ4v) is 4.95. The van der Waals surface area contributed by atoms with Crippen molar-refractivity contribution in [1.29, 1.82) is 0 Å². The predicted molar refractivity (Wildman–Crippen MR) is 130 cm³/mol. The molecular weight excluding hydrogens is 430 g/mol. The summed E-state index contributed by atoms with van der Waals surface area (Å²) in [6.45, 7) is 14.6. The molecule has 7 nitrogen and oxygen atoms in total. The molecule has 0 aliphatic carbocycles. The lowest BCUT2D eigenvalue weighted by molar-refractivity contribution is 0.0240. The first-order chi connectivity index (χ1) is 14.5. The summed E-state index contributed by atoms with van der Waals surface area (Å²) in [7, 11) is 0. The summed E-state index contributed by atoms with van der Waals surface area (Å²) in [4.78, 5) is 28.5. The Balaban J connectivity index is 0.000000287. The standard InChI is InChI=1S/C16H22N4O2S.C6H9NS/c1-11-9-12-13(17-10-18-14(12)23-11)19-5-7-20(8-6-19)15(21)22-16(2,3)4;1-4-3-5(2)8-6(4)7/h9-10H,5-8H2,1-4H3;3H,7H2,1-2H3. The predicted octanol–water partition coefficient (Wildman–Crippen LogP) is 5.00. The SMILES string of the molecule is Cc1cc(C)c(N)s1.Cc1cc2c(N3CCN(C(=O)OC(C)(C)C)CC3)ncnc2s1. The third kappa shape index (κ3) is 6.07. The highest BCUT2D eigenvalue weighted by atomic mass is 32.1. The summed E-state index contributed by atoms with van der Waals surface area (Å²) in [6.07, 6.45) is 1.38. The summed E-state index contributed by atoms with van der Waals surface area (Å²) < 4.78 is 5.44. The maximum absolute atomic E-state index is 12.1. The van der Waals surface area contributed by atoms with Crippen molar-refractivity contribution < 1.29 is 9.53 Å². The van der Waals surface area contributed by atoms with Gasteiger partial charge in [-0.15, -0.1) is 22.7 Å². The van der Waals surface area contributed by atoms with Gasteiger partial charge in [-0.05, 0) is 59.2 Å². The molecule has 0 saturated carbocycles. The number of ether oxygens (including phenoxy) is 1. The fourth-order valence-electron chi connectivity index (χ4n) is 3.30. The number of carbonyl (C=O) groups is 1. The highest BCUT2D eigenvalue weighted by molar-refractivity contribution is 7.18. The minimum atomic E-state index is -0.457. The molecule has 0 atom stereocenters. The molecule has 3 aromatic rings. The molecule has 168 valence electrons. The van der Waals surface area contributed by atoms with Crippen LogP contribution in [-0.2, 0) is 4.74 Å². The normalized spacial score (nSPS) is 14.4. The number of amides is 1. The number of aryl methyl sites for hydroxylation is 3. The summed E-state index contributed by atoms with van der Waals surface area (Å²) in [6, 6.07) is 4.23. The second kappa shape index (κ2) is 9.40. The van der Waals surface area contributed by atoms with Crippen LogP contribution in [0.15, 0.2) is 18.5 Å².